The summed E-state index contributed by atoms with van der Waals surface area (Å²) in [6.45, 7) is 5.64. The molecular formula is C23H41N5O10. The van der Waals surface area contributed by atoms with E-state index < -0.39 is 67.0 Å². The van der Waals surface area contributed by atoms with Crippen molar-refractivity contribution in [2.45, 2.75) is 45.2 Å². The van der Waals surface area contributed by atoms with Crippen molar-refractivity contribution < 1.29 is 49.6 Å². The quantitative estimate of drug-likeness (QED) is 0.117. The molecule has 6 N–H and O–H groups in total. The fourth-order valence-electron chi connectivity index (χ4n) is 4.74. The van der Waals surface area contributed by atoms with Gasteiger partial charge in [0.25, 0.3) is 0 Å². The number of carbonyl (C=O) groups is 5. The van der Waals surface area contributed by atoms with E-state index in [1.807, 2.05) is 27.7 Å². The van der Waals surface area contributed by atoms with E-state index >= 15 is 0 Å². The maximum absolute atomic E-state index is 12.6. The molecule has 1 aliphatic rings. The lowest BCUT2D eigenvalue weighted by molar-refractivity contribution is -0.196. The molecule has 0 aromatic heterocycles. The zero-order chi connectivity index (χ0) is 29.3. The van der Waals surface area contributed by atoms with Gasteiger partial charge in [0.05, 0.1) is 32.7 Å². The molecule has 218 valence electrons. The van der Waals surface area contributed by atoms with Crippen molar-refractivity contribution in [3.05, 3.63) is 0 Å². The average Bonchev–Trinajstić information content (AvgIpc) is 2.91. The number of hydrogen-bond donors (Lipinski definition) is 6. The Morgan fingerprint density at radius 1 is 0.711 bits per heavy atom. The van der Waals surface area contributed by atoms with Crippen LogP contribution in [0, 0.1) is 5.92 Å². The van der Waals surface area contributed by atoms with Crippen molar-refractivity contribution in [1.82, 2.24) is 25.1 Å². The largest absolute Gasteiger partial charge is 0.480 e. The summed E-state index contributed by atoms with van der Waals surface area (Å²) in [5.74, 6) is -5.28. The van der Waals surface area contributed by atoms with Gasteiger partial charge >= 0.3 is 23.9 Å². The van der Waals surface area contributed by atoms with Gasteiger partial charge in [-0.1, -0.05) is 0 Å². The van der Waals surface area contributed by atoms with Gasteiger partial charge in [-0.25, -0.2) is 0 Å². The molecule has 1 atom stereocenters. The van der Waals surface area contributed by atoms with E-state index in [2.05, 4.69) is 5.32 Å². The predicted molar refractivity (Wildman–Crippen MR) is 133 cm³/mol. The Bertz CT molecular complexity index is 850. The van der Waals surface area contributed by atoms with E-state index in [1.165, 1.54) is 14.9 Å². The molecule has 0 saturated carbocycles. The summed E-state index contributed by atoms with van der Waals surface area (Å²) in [5.41, 5.74) is -1.05. The van der Waals surface area contributed by atoms with E-state index in [0.29, 0.717) is 6.42 Å². The fraction of sp³-hybridized carbons (Fsp3) is 0.783. The van der Waals surface area contributed by atoms with Crippen LogP contribution in [-0.4, -0.2) is 152 Å². The molecule has 0 aromatic rings. The van der Waals surface area contributed by atoms with Crippen LogP contribution < -0.4 is 5.32 Å². The highest BCUT2D eigenvalue weighted by Gasteiger charge is 2.51. The third kappa shape index (κ3) is 11.3. The van der Waals surface area contributed by atoms with Gasteiger partial charge in [-0.05, 0) is 40.0 Å². The van der Waals surface area contributed by atoms with Crippen LogP contribution in [-0.2, 0) is 24.0 Å². The Morgan fingerprint density at radius 3 is 1.45 bits per heavy atom. The number of carboxylic acid groups (broad SMARTS) is 4. The standard InChI is InChI=1S/C23H41N5O10/c1-22(2)9-16(23(3,4)28(22)38)10-24-17(29)11-26(13-19(32)33)7-5-25(12-18(30)31)6-8-27(14-20(34)35)15-21(36)37/h16,38H,5-15H2,1-4H3,(H,24,29)(H,30,31)(H,32,33)(H,34,35)(H,36,37). The number of rotatable bonds is 18. The van der Waals surface area contributed by atoms with Crippen molar-refractivity contribution in [3.63, 3.8) is 0 Å². The highest BCUT2D eigenvalue weighted by molar-refractivity contribution is 5.79. The number of hydroxylamine groups is 2. The van der Waals surface area contributed by atoms with Gasteiger partial charge in [0.2, 0.25) is 5.91 Å². The normalized spacial score (nSPS) is 18.7. The zero-order valence-electron chi connectivity index (χ0n) is 22.4. The molecule has 0 aromatic carbocycles. The maximum atomic E-state index is 12.6. The minimum absolute atomic E-state index is 0.0180. The lowest BCUT2D eigenvalue weighted by Gasteiger charge is -2.36. The first-order valence-corrected chi connectivity index (χ1v) is 12.2. The summed E-state index contributed by atoms with van der Waals surface area (Å²) in [4.78, 5) is 61.2. The second-order valence-electron chi connectivity index (χ2n) is 10.8. The van der Waals surface area contributed by atoms with Crippen LogP contribution in [0.4, 0.5) is 0 Å². The summed E-state index contributed by atoms with van der Waals surface area (Å²) in [7, 11) is 0. The first-order valence-electron chi connectivity index (χ1n) is 12.2. The van der Waals surface area contributed by atoms with Gasteiger partial charge in [0, 0.05) is 43.8 Å². The third-order valence-electron chi connectivity index (χ3n) is 6.68. The number of nitrogens with zero attached hydrogens (tertiary/aromatic N) is 4. The van der Waals surface area contributed by atoms with Gasteiger partial charge in [-0.15, -0.1) is 0 Å². The molecular weight excluding hydrogens is 506 g/mol. The van der Waals surface area contributed by atoms with Crippen LogP contribution >= 0.6 is 0 Å². The van der Waals surface area contributed by atoms with Gasteiger partial charge in [0.15, 0.2) is 0 Å². The minimum Gasteiger partial charge on any atom is -0.480 e. The van der Waals surface area contributed by atoms with Crippen molar-refractivity contribution >= 4 is 29.8 Å². The Hall–Kier alpha value is -2.85. The van der Waals surface area contributed by atoms with Crippen molar-refractivity contribution in [2.75, 3.05) is 65.4 Å². The van der Waals surface area contributed by atoms with Crippen LogP contribution in [0.3, 0.4) is 0 Å². The predicted octanol–water partition coefficient (Wildman–Crippen LogP) is -1.38. The number of aliphatic carboxylic acids is 4. The van der Waals surface area contributed by atoms with Crippen molar-refractivity contribution in [2.24, 2.45) is 5.92 Å². The summed E-state index contributed by atoms with van der Waals surface area (Å²) >= 11 is 0. The van der Waals surface area contributed by atoms with Gasteiger partial charge in [-0.3, -0.25) is 38.7 Å². The molecule has 1 fully saturated rings. The van der Waals surface area contributed by atoms with Crippen LogP contribution in [0.15, 0.2) is 0 Å². The molecule has 0 spiro atoms. The van der Waals surface area contributed by atoms with Gasteiger partial charge in [-0.2, -0.15) is 5.06 Å². The lowest BCUT2D eigenvalue weighted by atomic mass is 9.87. The Balaban J connectivity index is 2.75. The molecule has 0 radical (unpaired) electrons. The highest BCUT2D eigenvalue weighted by Crippen LogP contribution is 2.42. The number of hydrogen-bond acceptors (Lipinski definition) is 10. The Kier molecular flexibility index (Phi) is 12.5. The fourth-order valence-corrected chi connectivity index (χ4v) is 4.74. The Labute approximate surface area is 221 Å². The summed E-state index contributed by atoms with van der Waals surface area (Å²) in [5, 5.41) is 51.0. The summed E-state index contributed by atoms with van der Waals surface area (Å²) < 4.78 is 0. The van der Waals surface area contributed by atoms with Gasteiger partial charge < -0.3 is 31.0 Å². The molecule has 1 heterocycles. The SMILES string of the molecule is CC1(C)CC(CNC(=O)CN(CCN(CCN(CC(=O)O)CC(=O)O)CC(=O)O)CC(=O)O)C(C)(C)N1O. The monoisotopic (exact) mass is 547 g/mol. The molecule has 1 aliphatic heterocycles. The molecule has 15 nitrogen and oxygen atoms in total. The zero-order valence-corrected chi connectivity index (χ0v) is 22.4. The molecule has 0 bridgehead atoms. The average molecular weight is 548 g/mol. The molecule has 0 aliphatic carbocycles. The highest BCUT2D eigenvalue weighted by atomic mass is 16.5. The van der Waals surface area contributed by atoms with E-state index in [4.69, 9.17) is 10.2 Å². The molecule has 15 heteroatoms. The second-order valence-corrected chi connectivity index (χ2v) is 10.8. The third-order valence-corrected chi connectivity index (χ3v) is 6.68. The first-order chi connectivity index (χ1) is 17.4. The number of nitrogens with one attached hydrogen (secondary N) is 1. The van der Waals surface area contributed by atoms with E-state index in [1.54, 1.807) is 0 Å². The van der Waals surface area contributed by atoms with Crippen molar-refractivity contribution in [1.29, 1.82) is 0 Å². The lowest BCUT2D eigenvalue weighted by Crippen LogP contribution is -2.50. The molecule has 1 rings (SSSR count). The summed E-state index contributed by atoms with van der Waals surface area (Å²) in [6, 6.07) is 0. The van der Waals surface area contributed by atoms with Crippen LogP contribution in [0.5, 0.6) is 0 Å². The van der Waals surface area contributed by atoms with E-state index in [9.17, 15) is 39.4 Å². The van der Waals surface area contributed by atoms with Crippen LogP contribution in [0.25, 0.3) is 0 Å². The van der Waals surface area contributed by atoms with Crippen molar-refractivity contribution in [3.8, 4) is 0 Å². The molecule has 1 unspecified atom stereocenters. The van der Waals surface area contributed by atoms with E-state index in [-0.39, 0.29) is 45.2 Å². The Morgan fingerprint density at radius 2 is 1.08 bits per heavy atom. The van der Waals surface area contributed by atoms with E-state index in [0.717, 1.165) is 4.90 Å². The van der Waals surface area contributed by atoms with Gasteiger partial charge in [0.1, 0.15) is 0 Å². The first kappa shape index (κ1) is 33.2. The second kappa shape index (κ2) is 14.3. The molecule has 1 saturated heterocycles. The number of carbonyl (C=O) groups excluding carboxylic acids is 1. The van der Waals surface area contributed by atoms with Crippen LogP contribution in [0.1, 0.15) is 34.1 Å². The summed E-state index contributed by atoms with van der Waals surface area (Å²) in [6.07, 6.45) is 0.639. The smallest absolute Gasteiger partial charge is 0.317 e. The molecule has 38 heavy (non-hydrogen) atoms. The number of carboxylic acids is 4. The van der Waals surface area contributed by atoms with Crippen LogP contribution in [0.2, 0.25) is 0 Å². The molecule has 1 amide bonds. The topological polar surface area (TPSA) is 211 Å². The maximum Gasteiger partial charge on any atom is 0.317 e. The number of amides is 1. The minimum atomic E-state index is -1.23.